The van der Waals surface area contributed by atoms with Crippen LogP contribution in [0, 0.1) is 11.3 Å². The Kier molecular flexibility index (Phi) is 4.60. The van der Waals surface area contributed by atoms with Gasteiger partial charge in [0.1, 0.15) is 6.29 Å². The van der Waals surface area contributed by atoms with Crippen LogP contribution in [-0.2, 0) is 23.9 Å². The molecule has 0 aromatic carbocycles. The fourth-order valence-corrected chi connectivity index (χ4v) is 2.65. The Balaban J connectivity index is 3.11. The van der Waals surface area contributed by atoms with Crippen LogP contribution in [0.15, 0.2) is 0 Å². The molecule has 2 atom stereocenters. The largest absolute Gasteiger partial charge is 0.469 e. The first-order valence-electron chi connectivity index (χ1n) is 5.78. The fourth-order valence-electron chi connectivity index (χ4n) is 2.65. The number of methoxy groups -OCH3 is 2. The maximum absolute atomic E-state index is 13.7. The lowest BCUT2D eigenvalue weighted by molar-refractivity contribution is -0.178. The van der Waals surface area contributed by atoms with Crippen LogP contribution in [0.5, 0.6) is 0 Å². The lowest BCUT2D eigenvalue weighted by Crippen LogP contribution is -2.47. The van der Waals surface area contributed by atoms with Crippen LogP contribution in [0.2, 0.25) is 0 Å². The van der Waals surface area contributed by atoms with Crippen LogP contribution in [0.1, 0.15) is 25.7 Å². The Labute approximate surface area is 109 Å². The van der Waals surface area contributed by atoms with Gasteiger partial charge < -0.3 is 14.3 Å². The Bertz CT molecular complexity index is 382. The minimum absolute atomic E-state index is 0.166. The molecule has 2 unspecified atom stereocenters. The molecule has 0 spiro atoms. The standard InChI is InChI=1S/C12H16F2O5/c1-18-9(16)8-5-11(3-4-15,10(17)19-2)7-12(13,14)6-8/h4,8H,3,5-7H2,1-2H3. The molecule has 108 valence electrons. The average molecular weight is 278 g/mol. The summed E-state index contributed by atoms with van der Waals surface area (Å²) in [5, 5.41) is 0. The molecule has 0 amide bonds. The van der Waals surface area contributed by atoms with E-state index in [1.807, 2.05) is 0 Å². The average Bonchev–Trinajstić information content (AvgIpc) is 2.35. The van der Waals surface area contributed by atoms with Crippen molar-refractivity contribution >= 4 is 18.2 Å². The molecule has 1 fully saturated rings. The van der Waals surface area contributed by atoms with E-state index in [0.717, 1.165) is 14.2 Å². The third-order valence-corrected chi connectivity index (χ3v) is 3.41. The van der Waals surface area contributed by atoms with Crippen molar-refractivity contribution in [2.24, 2.45) is 11.3 Å². The number of aldehydes is 1. The summed E-state index contributed by atoms with van der Waals surface area (Å²) < 4.78 is 36.4. The summed E-state index contributed by atoms with van der Waals surface area (Å²) in [6.45, 7) is 0. The van der Waals surface area contributed by atoms with Crippen LogP contribution >= 0.6 is 0 Å². The first kappa shape index (κ1) is 15.5. The summed E-state index contributed by atoms with van der Waals surface area (Å²) in [6, 6.07) is 0. The van der Waals surface area contributed by atoms with E-state index in [1.165, 1.54) is 0 Å². The van der Waals surface area contributed by atoms with Crippen molar-refractivity contribution in [3.8, 4) is 0 Å². The van der Waals surface area contributed by atoms with Gasteiger partial charge in [-0.2, -0.15) is 0 Å². The van der Waals surface area contributed by atoms with Gasteiger partial charge in [0.05, 0.1) is 25.6 Å². The quantitative estimate of drug-likeness (QED) is 0.573. The highest BCUT2D eigenvalue weighted by Crippen LogP contribution is 2.49. The van der Waals surface area contributed by atoms with Crippen molar-refractivity contribution in [1.82, 2.24) is 0 Å². The van der Waals surface area contributed by atoms with E-state index in [1.54, 1.807) is 0 Å². The number of esters is 2. The van der Waals surface area contributed by atoms with Crippen LogP contribution < -0.4 is 0 Å². The van der Waals surface area contributed by atoms with Gasteiger partial charge in [-0.25, -0.2) is 8.78 Å². The van der Waals surface area contributed by atoms with Gasteiger partial charge >= 0.3 is 11.9 Å². The smallest absolute Gasteiger partial charge is 0.312 e. The molecule has 0 bridgehead atoms. The second-order valence-corrected chi connectivity index (χ2v) is 4.80. The molecule has 1 saturated carbocycles. The van der Waals surface area contributed by atoms with Crippen molar-refractivity contribution in [1.29, 1.82) is 0 Å². The number of carbonyl (C=O) groups excluding carboxylic acids is 3. The first-order chi connectivity index (χ1) is 8.80. The van der Waals surface area contributed by atoms with Crippen LogP contribution in [0.3, 0.4) is 0 Å². The monoisotopic (exact) mass is 278 g/mol. The third-order valence-electron chi connectivity index (χ3n) is 3.41. The molecule has 1 aliphatic rings. The van der Waals surface area contributed by atoms with Gasteiger partial charge in [-0.15, -0.1) is 0 Å². The second-order valence-electron chi connectivity index (χ2n) is 4.80. The topological polar surface area (TPSA) is 69.7 Å². The molecule has 0 aromatic heterocycles. The minimum atomic E-state index is -3.21. The van der Waals surface area contributed by atoms with Crippen LogP contribution in [-0.4, -0.2) is 38.4 Å². The zero-order valence-corrected chi connectivity index (χ0v) is 10.8. The molecule has 0 saturated heterocycles. The molecule has 5 nitrogen and oxygen atoms in total. The summed E-state index contributed by atoms with van der Waals surface area (Å²) in [7, 11) is 2.16. The van der Waals surface area contributed by atoms with Crippen molar-refractivity contribution in [3.05, 3.63) is 0 Å². The highest BCUT2D eigenvalue weighted by molar-refractivity contribution is 5.82. The molecule has 7 heteroatoms. The predicted molar refractivity (Wildman–Crippen MR) is 59.4 cm³/mol. The van der Waals surface area contributed by atoms with Crippen molar-refractivity contribution < 1.29 is 32.6 Å². The van der Waals surface area contributed by atoms with Gasteiger partial charge in [-0.05, 0) is 6.42 Å². The number of rotatable bonds is 4. The predicted octanol–water partition coefficient (Wildman–Crippen LogP) is 1.34. The number of halogens is 2. The molecule has 1 aliphatic carbocycles. The van der Waals surface area contributed by atoms with E-state index in [9.17, 15) is 23.2 Å². The number of hydrogen-bond donors (Lipinski definition) is 0. The number of carbonyl (C=O) groups is 3. The fraction of sp³-hybridized carbons (Fsp3) is 0.750. The summed E-state index contributed by atoms with van der Waals surface area (Å²) in [5.74, 6) is -6.03. The van der Waals surface area contributed by atoms with Crippen LogP contribution in [0.25, 0.3) is 0 Å². The molecule has 0 radical (unpaired) electrons. The molecule has 0 aromatic rings. The van der Waals surface area contributed by atoms with E-state index >= 15 is 0 Å². The summed E-state index contributed by atoms with van der Waals surface area (Å²) >= 11 is 0. The van der Waals surface area contributed by atoms with E-state index in [-0.39, 0.29) is 6.42 Å². The molecule has 19 heavy (non-hydrogen) atoms. The number of alkyl halides is 2. The minimum Gasteiger partial charge on any atom is -0.469 e. The summed E-state index contributed by atoms with van der Waals surface area (Å²) in [6.07, 6.45) is -1.65. The highest BCUT2D eigenvalue weighted by Gasteiger charge is 2.55. The zero-order valence-electron chi connectivity index (χ0n) is 10.8. The zero-order chi connectivity index (χ0) is 14.7. The van der Waals surface area contributed by atoms with Gasteiger partial charge in [-0.3, -0.25) is 9.59 Å². The molecule has 0 aliphatic heterocycles. The molecule has 0 heterocycles. The molecular weight excluding hydrogens is 262 g/mol. The van der Waals surface area contributed by atoms with Gasteiger partial charge in [0.2, 0.25) is 5.92 Å². The van der Waals surface area contributed by atoms with E-state index in [0.29, 0.717) is 6.29 Å². The van der Waals surface area contributed by atoms with Gasteiger partial charge in [0, 0.05) is 19.3 Å². The Hall–Kier alpha value is -1.53. The van der Waals surface area contributed by atoms with Crippen molar-refractivity contribution in [2.45, 2.75) is 31.6 Å². The third kappa shape index (κ3) is 3.27. The van der Waals surface area contributed by atoms with Gasteiger partial charge in [0.25, 0.3) is 0 Å². The lowest BCUT2D eigenvalue weighted by Gasteiger charge is -2.40. The lowest BCUT2D eigenvalue weighted by atomic mass is 9.66. The van der Waals surface area contributed by atoms with E-state index in [2.05, 4.69) is 9.47 Å². The number of hydrogen-bond acceptors (Lipinski definition) is 5. The highest BCUT2D eigenvalue weighted by atomic mass is 19.3. The maximum atomic E-state index is 13.7. The molecule has 0 N–H and O–H groups in total. The van der Waals surface area contributed by atoms with Gasteiger partial charge in [-0.1, -0.05) is 0 Å². The van der Waals surface area contributed by atoms with Crippen molar-refractivity contribution in [3.63, 3.8) is 0 Å². The summed E-state index contributed by atoms with van der Waals surface area (Å²) in [4.78, 5) is 33.9. The van der Waals surface area contributed by atoms with Crippen LogP contribution in [0.4, 0.5) is 8.78 Å². The Morgan fingerprint density at radius 1 is 1.26 bits per heavy atom. The Morgan fingerprint density at radius 2 is 1.89 bits per heavy atom. The maximum Gasteiger partial charge on any atom is 0.312 e. The summed E-state index contributed by atoms with van der Waals surface area (Å²) in [5.41, 5.74) is -1.66. The SMILES string of the molecule is COC(=O)C1CC(F)(F)CC(CC=O)(C(=O)OC)C1. The normalized spacial score (nSPS) is 29.4. The van der Waals surface area contributed by atoms with Gasteiger partial charge in [0.15, 0.2) is 0 Å². The second kappa shape index (κ2) is 5.63. The number of ether oxygens (including phenoxy) is 2. The Morgan fingerprint density at radius 3 is 2.37 bits per heavy atom. The molecule has 1 rings (SSSR count). The van der Waals surface area contributed by atoms with Crippen molar-refractivity contribution in [2.75, 3.05) is 14.2 Å². The molecular formula is C12H16F2O5. The van der Waals surface area contributed by atoms with E-state index < -0.39 is 48.5 Å². The van der Waals surface area contributed by atoms with E-state index in [4.69, 9.17) is 0 Å². The first-order valence-corrected chi connectivity index (χ1v) is 5.78.